The summed E-state index contributed by atoms with van der Waals surface area (Å²) in [6, 6.07) is 6.17. The van der Waals surface area contributed by atoms with Crippen LogP contribution in [0.25, 0.3) is 0 Å². The van der Waals surface area contributed by atoms with Crippen LogP contribution in [0.5, 0.6) is 0 Å². The SMILES string of the molecule is Cc1cnn(CC(=O)Nc2cc(Cl)ccc2N)c(=O)c1. The van der Waals surface area contributed by atoms with Gasteiger partial charge >= 0.3 is 0 Å². The summed E-state index contributed by atoms with van der Waals surface area (Å²) in [5.74, 6) is -0.405. The first-order valence-electron chi connectivity index (χ1n) is 5.84. The van der Waals surface area contributed by atoms with Crippen molar-refractivity contribution >= 4 is 28.9 Å². The van der Waals surface area contributed by atoms with Crippen molar-refractivity contribution < 1.29 is 4.79 Å². The lowest BCUT2D eigenvalue weighted by molar-refractivity contribution is -0.117. The number of rotatable bonds is 3. The maximum Gasteiger partial charge on any atom is 0.267 e. The predicted molar refractivity (Wildman–Crippen MR) is 77.7 cm³/mol. The van der Waals surface area contributed by atoms with E-state index in [2.05, 4.69) is 10.4 Å². The Morgan fingerprint density at radius 3 is 2.90 bits per heavy atom. The maximum atomic E-state index is 11.9. The van der Waals surface area contributed by atoms with Crippen LogP contribution < -0.4 is 16.6 Å². The van der Waals surface area contributed by atoms with Gasteiger partial charge in [0.2, 0.25) is 5.91 Å². The fraction of sp³-hybridized carbons (Fsp3) is 0.154. The molecule has 1 amide bonds. The van der Waals surface area contributed by atoms with Gasteiger partial charge in [0.05, 0.1) is 17.6 Å². The summed E-state index contributed by atoms with van der Waals surface area (Å²) in [5.41, 5.74) is 6.93. The molecule has 6 nitrogen and oxygen atoms in total. The van der Waals surface area contributed by atoms with Crippen molar-refractivity contribution in [3.8, 4) is 0 Å². The van der Waals surface area contributed by atoms with Crippen LogP contribution in [0.2, 0.25) is 5.02 Å². The number of nitrogens with one attached hydrogen (secondary N) is 1. The van der Waals surface area contributed by atoms with Gasteiger partial charge in [-0.2, -0.15) is 5.10 Å². The molecule has 7 heteroatoms. The Kier molecular flexibility index (Phi) is 4.05. The molecule has 1 heterocycles. The van der Waals surface area contributed by atoms with Gasteiger partial charge in [-0.15, -0.1) is 0 Å². The number of nitrogens with two attached hydrogens (primary N) is 1. The van der Waals surface area contributed by atoms with Crippen LogP contribution in [-0.2, 0) is 11.3 Å². The standard InChI is InChI=1S/C13H13ClN4O2/c1-8-4-13(20)18(16-6-8)7-12(19)17-11-5-9(14)2-3-10(11)15/h2-6H,7,15H2,1H3,(H,17,19). The van der Waals surface area contributed by atoms with Crippen LogP contribution in [-0.4, -0.2) is 15.7 Å². The van der Waals surface area contributed by atoms with Crippen LogP contribution >= 0.6 is 11.6 Å². The number of aromatic nitrogens is 2. The summed E-state index contributed by atoms with van der Waals surface area (Å²) in [7, 11) is 0. The molecule has 1 aromatic heterocycles. The Hall–Kier alpha value is -2.34. The molecule has 0 unspecified atom stereocenters. The van der Waals surface area contributed by atoms with Crippen molar-refractivity contribution in [1.29, 1.82) is 0 Å². The molecule has 1 aromatic carbocycles. The molecular formula is C13H13ClN4O2. The highest BCUT2D eigenvalue weighted by Gasteiger charge is 2.08. The number of aryl methyl sites for hydroxylation is 1. The van der Waals surface area contributed by atoms with Gasteiger partial charge in [-0.25, -0.2) is 4.68 Å². The highest BCUT2D eigenvalue weighted by molar-refractivity contribution is 6.31. The lowest BCUT2D eigenvalue weighted by Gasteiger charge is -2.09. The van der Waals surface area contributed by atoms with E-state index in [9.17, 15) is 9.59 Å². The maximum absolute atomic E-state index is 11.9. The third-order valence-electron chi connectivity index (χ3n) is 2.59. The number of nitrogen functional groups attached to an aromatic ring is 1. The fourth-order valence-corrected chi connectivity index (χ4v) is 1.78. The van der Waals surface area contributed by atoms with Gasteiger partial charge in [0.1, 0.15) is 6.54 Å². The number of hydrogen-bond donors (Lipinski definition) is 2. The number of anilines is 2. The molecule has 0 aliphatic heterocycles. The Morgan fingerprint density at radius 2 is 2.20 bits per heavy atom. The smallest absolute Gasteiger partial charge is 0.267 e. The molecular weight excluding hydrogens is 280 g/mol. The van der Waals surface area contributed by atoms with Gasteiger partial charge in [-0.3, -0.25) is 9.59 Å². The Balaban J connectivity index is 2.13. The topological polar surface area (TPSA) is 90.0 Å². The number of amides is 1. The lowest BCUT2D eigenvalue weighted by Crippen LogP contribution is -2.29. The third-order valence-corrected chi connectivity index (χ3v) is 2.82. The average Bonchev–Trinajstić information content (AvgIpc) is 2.37. The number of carbonyl (C=O) groups is 1. The van der Waals surface area contributed by atoms with Gasteiger partial charge in [0.15, 0.2) is 0 Å². The number of halogens is 1. The second-order valence-corrected chi connectivity index (χ2v) is 4.74. The number of hydrogen-bond acceptors (Lipinski definition) is 4. The van der Waals surface area contributed by atoms with Crippen molar-refractivity contribution in [2.45, 2.75) is 13.5 Å². The van der Waals surface area contributed by atoms with E-state index < -0.39 is 5.91 Å². The van der Waals surface area contributed by atoms with Gasteiger partial charge < -0.3 is 11.1 Å². The van der Waals surface area contributed by atoms with E-state index in [4.69, 9.17) is 17.3 Å². The predicted octanol–water partition coefficient (Wildman–Crippen LogP) is 1.43. The number of carbonyl (C=O) groups excluding carboxylic acids is 1. The normalized spacial score (nSPS) is 10.3. The van der Waals surface area contributed by atoms with Crippen LogP contribution in [0.3, 0.4) is 0 Å². The Labute approximate surface area is 120 Å². The van der Waals surface area contributed by atoms with E-state index in [0.29, 0.717) is 16.4 Å². The van der Waals surface area contributed by atoms with Crippen molar-refractivity contribution in [3.63, 3.8) is 0 Å². The van der Waals surface area contributed by atoms with Crippen molar-refractivity contribution in [1.82, 2.24) is 9.78 Å². The molecule has 104 valence electrons. The van der Waals surface area contributed by atoms with Gasteiger partial charge in [0, 0.05) is 11.1 Å². The molecule has 0 bridgehead atoms. The number of nitrogens with zero attached hydrogens (tertiary/aromatic N) is 2. The molecule has 0 fully saturated rings. The molecule has 2 rings (SSSR count). The van der Waals surface area contributed by atoms with Crippen molar-refractivity contribution in [2.24, 2.45) is 0 Å². The summed E-state index contributed by atoms with van der Waals surface area (Å²) < 4.78 is 1.07. The monoisotopic (exact) mass is 292 g/mol. The molecule has 0 aliphatic rings. The zero-order chi connectivity index (χ0) is 14.7. The van der Waals surface area contributed by atoms with E-state index in [1.165, 1.54) is 12.3 Å². The molecule has 0 saturated heterocycles. The molecule has 0 spiro atoms. The second-order valence-electron chi connectivity index (χ2n) is 4.31. The summed E-state index contributed by atoms with van der Waals surface area (Å²) in [6.45, 7) is 1.57. The molecule has 0 aliphatic carbocycles. The minimum absolute atomic E-state index is 0.189. The lowest BCUT2D eigenvalue weighted by atomic mass is 10.2. The molecule has 20 heavy (non-hydrogen) atoms. The fourth-order valence-electron chi connectivity index (χ4n) is 1.61. The zero-order valence-electron chi connectivity index (χ0n) is 10.8. The van der Waals surface area contributed by atoms with Crippen LogP contribution in [0, 0.1) is 6.92 Å². The van der Waals surface area contributed by atoms with Gasteiger partial charge in [-0.1, -0.05) is 11.6 Å². The van der Waals surface area contributed by atoms with E-state index in [1.54, 1.807) is 25.1 Å². The highest BCUT2D eigenvalue weighted by atomic mass is 35.5. The highest BCUT2D eigenvalue weighted by Crippen LogP contribution is 2.22. The van der Waals surface area contributed by atoms with Crippen LogP contribution in [0.15, 0.2) is 35.3 Å². The van der Waals surface area contributed by atoms with Crippen molar-refractivity contribution in [3.05, 3.63) is 51.4 Å². The molecule has 2 aromatic rings. The molecule has 3 N–H and O–H groups in total. The van der Waals surface area contributed by atoms with Crippen molar-refractivity contribution in [2.75, 3.05) is 11.1 Å². The van der Waals surface area contributed by atoms with E-state index in [0.717, 1.165) is 10.2 Å². The first-order valence-corrected chi connectivity index (χ1v) is 6.22. The largest absolute Gasteiger partial charge is 0.397 e. The summed E-state index contributed by atoms with van der Waals surface area (Å²) >= 11 is 5.83. The second kappa shape index (κ2) is 5.75. The minimum Gasteiger partial charge on any atom is -0.397 e. The van der Waals surface area contributed by atoms with E-state index >= 15 is 0 Å². The molecule has 0 saturated carbocycles. The Bertz CT molecular complexity index is 712. The third kappa shape index (κ3) is 3.36. The summed E-state index contributed by atoms with van der Waals surface area (Å²) in [5, 5.41) is 6.94. The van der Waals surface area contributed by atoms with Gasteiger partial charge in [-0.05, 0) is 30.7 Å². The van der Waals surface area contributed by atoms with Gasteiger partial charge in [0.25, 0.3) is 5.56 Å². The molecule has 0 atom stereocenters. The molecule has 0 radical (unpaired) electrons. The first kappa shape index (κ1) is 14.1. The zero-order valence-corrected chi connectivity index (χ0v) is 11.5. The van der Waals surface area contributed by atoms with E-state index in [-0.39, 0.29) is 12.1 Å². The van der Waals surface area contributed by atoms with Crippen LogP contribution in [0.1, 0.15) is 5.56 Å². The average molecular weight is 293 g/mol. The first-order chi connectivity index (χ1) is 9.45. The minimum atomic E-state index is -0.405. The Morgan fingerprint density at radius 1 is 1.45 bits per heavy atom. The number of benzene rings is 1. The van der Waals surface area contributed by atoms with Crippen LogP contribution in [0.4, 0.5) is 11.4 Å². The summed E-state index contributed by atoms with van der Waals surface area (Å²) in [4.78, 5) is 23.5. The quantitative estimate of drug-likeness (QED) is 0.837. The van der Waals surface area contributed by atoms with E-state index in [1.807, 2.05) is 0 Å². The summed E-state index contributed by atoms with van der Waals surface area (Å²) in [6.07, 6.45) is 1.52.